The Hall–Kier alpha value is -1.15. The Morgan fingerprint density at radius 1 is 1.41 bits per heavy atom. The van der Waals surface area contributed by atoms with Crippen LogP contribution in [0.1, 0.15) is 33.6 Å². The van der Waals surface area contributed by atoms with Crippen molar-refractivity contribution in [2.75, 3.05) is 13.1 Å². The molecule has 0 rings (SSSR count). The maximum Gasteiger partial charge on any atom is 0.0573 e. The predicted molar refractivity (Wildman–Crippen MR) is 78.5 cm³/mol. The first kappa shape index (κ1) is 15.9. The summed E-state index contributed by atoms with van der Waals surface area (Å²) in [6.45, 7) is 11.5. The van der Waals surface area contributed by atoms with Crippen molar-refractivity contribution in [1.29, 1.82) is 0 Å². The molecule has 0 fully saturated rings. The van der Waals surface area contributed by atoms with Crippen molar-refractivity contribution in [2.45, 2.75) is 33.6 Å². The van der Waals surface area contributed by atoms with Gasteiger partial charge in [0.2, 0.25) is 0 Å². The third-order valence-electron chi connectivity index (χ3n) is 2.48. The molecule has 0 saturated heterocycles. The topological polar surface area (TPSA) is 38.4 Å². The molecule has 0 aromatic heterocycles. The molecule has 0 aliphatic rings. The first-order valence-electron chi connectivity index (χ1n) is 6.28. The summed E-state index contributed by atoms with van der Waals surface area (Å²) in [5, 5.41) is 0. The molecule has 0 radical (unpaired) electrons. The summed E-state index contributed by atoms with van der Waals surface area (Å²) in [6.07, 6.45) is 10.4. The summed E-state index contributed by atoms with van der Waals surface area (Å²) in [4.78, 5) is 4.29. The first-order valence-corrected chi connectivity index (χ1v) is 6.28. The number of nitrogens with two attached hydrogens (primary N) is 1. The SMILES string of the molecule is C=C/C(=C\C=C\C/N=C(/C)CN)CCC(C)C. The quantitative estimate of drug-likeness (QED) is 0.506. The zero-order valence-corrected chi connectivity index (χ0v) is 11.4. The molecule has 0 atom stereocenters. The van der Waals surface area contributed by atoms with Gasteiger partial charge in [0.25, 0.3) is 0 Å². The zero-order valence-electron chi connectivity index (χ0n) is 11.4. The molecule has 0 saturated carbocycles. The molecule has 0 aromatic rings. The van der Waals surface area contributed by atoms with E-state index in [2.05, 4.69) is 31.5 Å². The predicted octanol–water partition coefficient (Wildman–Crippen LogP) is 3.51. The Morgan fingerprint density at radius 2 is 2.12 bits per heavy atom. The summed E-state index contributed by atoms with van der Waals surface area (Å²) >= 11 is 0. The van der Waals surface area contributed by atoms with E-state index in [4.69, 9.17) is 5.73 Å². The van der Waals surface area contributed by atoms with Gasteiger partial charge >= 0.3 is 0 Å². The summed E-state index contributed by atoms with van der Waals surface area (Å²) in [5.74, 6) is 0.735. The second-order valence-electron chi connectivity index (χ2n) is 4.59. The highest BCUT2D eigenvalue weighted by atomic mass is 14.7. The normalized spacial score (nSPS) is 13.7. The fourth-order valence-corrected chi connectivity index (χ4v) is 1.23. The Bertz CT molecular complexity index is 296. The first-order chi connectivity index (χ1) is 8.10. The Balaban J connectivity index is 4.08. The van der Waals surface area contributed by atoms with Crippen LogP contribution in [0.25, 0.3) is 0 Å². The van der Waals surface area contributed by atoms with E-state index in [-0.39, 0.29) is 0 Å². The molecule has 0 unspecified atom stereocenters. The minimum Gasteiger partial charge on any atom is -0.326 e. The van der Waals surface area contributed by atoms with Crippen LogP contribution in [-0.2, 0) is 0 Å². The van der Waals surface area contributed by atoms with E-state index < -0.39 is 0 Å². The van der Waals surface area contributed by atoms with Crippen LogP contribution >= 0.6 is 0 Å². The Kier molecular flexibility index (Phi) is 9.35. The third-order valence-corrected chi connectivity index (χ3v) is 2.48. The van der Waals surface area contributed by atoms with Crippen LogP contribution in [0.15, 0.2) is 41.4 Å². The van der Waals surface area contributed by atoms with E-state index in [1.165, 1.54) is 12.0 Å². The number of hydrogen-bond donors (Lipinski definition) is 1. The lowest BCUT2D eigenvalue weighted by Crippen LogP contribution is -2.09. The van der Waals surface area contributed by atoms with E-state index in [1.807, 2.05) is 25.2 Å². The molecule has 96 valence electrons. The van der Waals surface area contributed by atoms with Crippen molar-refractivity contribution in [2.24, 2.45) is 16.6 Å². The van der Waals surface area contributed by atoms with Gasteiger partial charge in [-0.25, -0.2) is 0 Å². The second-order valence-corrected chi connectivity index (χ2v) is 4.59. The molecule has 17 heavy (non-hydrogen) atoms. The summed E-state index contributed by atoms with van der Waals surface area (Å²) < 4.78 is 0. The van der Waals surface area contributed by atoms with Crippen LogP contribution in [-0.4, -0.2) is 18.8 Å². The van der Waals surface area contributed by atoms with Crippen molar-refractivity contribution in [1.82, 2.24) is 0 Å². The largest absolute Gasteiger partial charge is 0.326 e. The van der Waals surface area contributed by atoms with Gasteiger partial charge in [-0.2, -0.15) is 0 Å². The van der Waals surface area contributed by atoms with Crippen LogP contribution < -0.4 is 5.73 Å². The van der Waals surface area contributed by atoms with E-state index >= 15 is 0 Å². The number of aliphatic imine (C=N–C) groups is 1. The highest BCUT2D eigenvalue weighted by Crippen LogP contribution is 2.12. The molecular formula is C15H26N2. The van der Waals surface area contributed by atoms with Gasteiger partial charge in [0, 0.05) is 12.3 Å². The monoisotopic (exact) mass is 234 g/mol. The van der Waals surface area contributed by atoms with Gasteiger partial charge < -0.3 is 5.73 Å². The zero-order chi connectivity index (χ0) is 13.1. The molecule has 2 N–H and O–H groups in total. The molecule has 2 heteroatoms. The summed E-state index contributed by atoms with van der Waals surface area (Å²) in [5.41, 5.74) is 7.72. The maximum atomic E-state index is 5.44. The molecule has 0 bridgehead atoms. The fourth-order valence-electron chi connectivity index (χ4n) is 1.23. The molecule has 2 nitrogen and oxygen atoms in total. The van der Waals surface area contributed by atoms with Crippen molar-refractivity contribution in [3.63, 3.8) is 0 Å². The van der Waals surface area contributed by atoms with Crippen molar-refractivity contribution >= 4 is 5.71 Å². The lowest BCUT2D eigenvalue weighted by molar-refractivity contribution is 0.588. The van der Waals surface area contributed by atoms with Crippen LogP contribution in [0.3, 0.4) is 0 Å². The maximum absolute atomic E-state index is 5.44. The van der Waals surface area contributed by atoms with E-state index in [9.17, 15) is 0 Å². The van der Waals surface area contributed by atoms with E-state index in [0.717, 1.165) is 18.1 Å². The van der Waals surface area contributed by atoms with Crippen LogP contribution in [0.2, 0.25) is 0 Å². The fraction of sp³-hybridized carbons (Fsp3) is 0.533. The van der Waals surface area contributed by atoms with Crippen LogP contribution in [0.5, 0.6) is 0 Å². The third kappa shape index (κ3) is 9.76. The standard InChI is InChI=1S/C15H26N2/c1-5-15(10-9-13(2)3)8-6-7-11-17-14(4)12-16/h5-8,13H,1,9-12,16H2,2-4H3/b7-6+,15-8+,17-14-. The van der Waals surface area contributed by atoms with Gasteiger partial charge in [0.05, 0.1) is 6.54 Å². The minimum atomic E-state index is 0.538. The van der Waals surface area contributed by atoms with Crippen molar-refractivity contribution in [3.05, 3.63) is 36.5 Å². The summed E-state index contributed by atoms with van der Waals surface area (Å²) in [6, 6.07) is 0. The average Bonchev–Trinajstić information content (AvgIpc) is 2.31. The number of allylic oxidation sites excluding steroid dienone is 4. The Labute approximate surface area is 106 Å². The summed E-state index contributed by atoms with van der Waals surface area (Å²) in [7, 11) is 0. The van der Waals surface area contributed by atoms with Gasteiger partial charge in [-0.05, 0) is 31.3 Å². The molecule has 0 heterocycles. The molecular weight excluding hydrogens is 208 g/mol. The lowest BCUT2D eigenvalue weighted by atomic mass is 10.0. The Morgan fingerprint density at radius 3 is 2.65 bits per heavy atom. The van der Waals surface area contributed by atoms with Gasteiger partial charge in [0.1, 0.15) is 0 Å². The van der Waals surface area contributed by atoms with E-state index in [0.29, 0.717) is 13.1 Å². The van der Waals surface area contributed by atoms with E-state index in [1.54, 1.807) is 0 Å². The second kappa shape index (κ2) is 10.0. The van der Waals surface area contributed by atoms with Gasteiger partial charge in [-0.3, -0.25) is 4.99 Å². The van der Waals surface area contributed by atoms with Gasteiger partial charge in [-0.15, -0.1) is 0 Å². The molecule has 0 amide bonds. The lowest BCUT2D eigenvalue weighted by Gasteiger charge is -2.04. The molecule has 0 aliphatic heterocycles. The van der Waals surface area contributed by atoms with Gasteiger partial charge in [-0.1, -0.05) is 44.7 Å². The number of nitrogens with zero attached hydrogens (tertiary/aromatic N) is 1. The minimum absolute atomic E-state index is 0.538. The molecule has 0 aromatic carbocycles. The number of rotatable bonds is 8. The van der Waals surface area contributed by atoms with Crippen molar-refractivity contribution < 1.29 is 0 Å². The molecule has 0 spiro atoms. The smallest absolute Gasteiger partial charge is 0.0573 e. The molecule has 0 aliphatic carbocycles. The average molecular weight is 234 g/mol. The highest BCUT2D eigenvalue weighted by molar-refractivity contribution is 5.83. The highest BCUT2D eigenvalue weighted by Gasteiger charge is 1.95. The van der Waals surface area contributed by atoms with Crippen LogP contribution in [0.4, 0.5) is 0 Å². The number of hydrogen-bond acceptors (Lipinski definition) is 2. The van der Waals surface area contributed by atoms with Gasteiger partial charge in [0.15, 0.2) is 0 Å². The van der Waals surface area contributed by atoms with Crippen LogP contribution in [0, 0.1) is 5.92 Å². The van der Waals surface area contributed by atoms with Crippen molar-refractivity contribution in [3.8, 4) is 0 Å².